The number of likely N-dealkylation sites (tertiary alicyclic amines) is 1. The van der Waals surface area contributed by atoms with Crippen LogP contribution in [0.15, 0.2) is 24.3 Å². The lowest BCUT2D eigenvalue weighted by Gasteiger charge is -2.35. The monoisotopic (exact) mass is 369 g/mol. The van der Waals surface area contributed by atoms with Crippen LogP contribution in [0.2, 0.25) is 0 Å². The van der Waals surface area contributed by atoms with E-state index in [1.807, 2.05) is 18.2 Å². The highest BCUT2D eigenvalue weighted by atomic mass is 32.2. The average molecular weight is 370 g/mol. The molecule has 1 aromatic rings. The van der Waals surface area contributed by atoms with Crippen molar-refractivity contribution in [1.82, 2.24) is 13.5 Å². The van der Waals surface area contributed by atoms with Gasteiger partial charge in [0.25, 0.3) is 10.2 Å². The highest BCUT2D eigenvalue weighted by Gasteiger charge is 2.26. The molecule has 1 aliphatic rings. The number of rotatable bonds is 8. The van der Waals surface area contributed by atoms with Gasteiger partial charge in [-0.05, 0) is 43.4 Å². The van der Waals surface area contributed by atoms with Gasteiger partial charge in [0.2, 0.25) is 0 Å². The number of hydrogen-bond donors (Lipinski definition) is 0. The van der Waals surface area contributed by atoms with Crippen molar-refractivity contribution in [2.24, 2.45) is 5.92 Å². The molecule has 0 aliphatic carbocycles. The number of hydrogen-bond acceptors (Lipinski definition) is 4. The van der Waals surface area contributed by atoms with Gasteiger partial charge in [-0.25, -0.2) is 0 Å². The van der Waals surface area contributed by atoms with Crippen LogP contribution < -0.4 is 4.74 Å². The molecule has 1 saturated heterocycles. The topological polar surface area (TPSA) is 53.1 Å². The van der Waals surface area contributed by atoms with Crippen LogP contribution in [0.3, 0.4) is 0 Å². The Bertz CT molecular complexity index is 649. The maximum Gasteiger partial charge on any atom is 0.281 e. The van der Waals surface area contributed by atoms with Crippen molar-refractivity contribution < 1.29 is 13.2 Å². The van der Waals surface area contributed by atoms with Gasteiger partial charge in [0, 0.05) is 40.8 Å². The Kier molecular flexibility index (Phi) is 7.25. The summed E-state index contributed by atoms with van der Waals surface area (Å²) in [6.07, 6.45) is 3.15. The normalized spacial score (nSPS) is 19.5. The zero-order valence-corrected chi connectivity index (χ0v) is 16.6. The zero-order valence-electron chi connectivity index (χ0n) is 15.8. The molecule has 0 aromatic heterocycles. The molecule has 0 N–H and O–H groups in total. The lowest BCUT2D eigenvalue weighted by Crippen LogP contribution is -2.44. The molecular weight excluding hydrogens is 338 g/mol. The summed E-state index contributed by atoms with van der Waals surface area (Å²) < 4.78 is 32.6. The summed E-state index contributed by atoms with van der Waals surface area (Å²) in [7, 11) is 3.20. The lowest BCUT2D eigenvalue weighted by molar-refractivity contribution is 0.162. The van der Waals surface area contributed by atoms with Gasteiger partial charge in [0.05, 0.1) is 7.11 Å². The first kappa shape index (κ1) is 20.2. The van der Waals surface area contributed by atoms with E-state index in [4.69, 9.17) is 4.74 Å². The number of benzene rings is 1. The van der Waals surface area contributed by atoms with E-state index in [2.05, 4.69) is 11.0 Å². The molecule has 1 atom stereocenters. The van der Waals surface area contributed by atoms with Gasteiger partial charge in [-0.15, -0.1) is 0 Å². The molecule has 0 spiro atoms. The van der Waals surface area contributed by atoms with Crippen LogP contribution in [0.4, 0.5) is 0 Å². The number of piperidine rings is 1. The predicted molar refractivity (Wildman–Crippen MR) is 101 cm³/mol. The van der Waals surface area contributed by atoms with Gasteiger partial charge in [-0.2, -0.15) is 17.0 Å². The van der Waals surface area contributed by atoms with Crippen LogP contribution in [-0.2, 0) is 16.6 Å². The van der Waals surface area contributed by atoms with Crippen molar-refractivity contribution in [2.45, 2.75) is 19.3 Å². The zero-order chi connectivity index (χ0) is 18.4. The number of ether oxygens (including phenoxy) is 1. The Labute approximate surface area is 152 Å². The highest BCUT2D eigenvalue weighted by molar-refractivity contribution is 7.86. The molecule has 0 radical (unpaired) electrons. The number of nitrogens with zero attached hydrogens (tertiary/aromatic N) is 3. The molecular formula is C18H31N3O3S. The maximum absolute atomic E-state index is 12.2. The SMILES string of the molecule is COc1ccccc1CCN1CCCC(CN(C)S(=O)(=O)N(C)C)C1. The molecule has 1 heterocycles. The summed E-state index contributed by atoms with van der Waals surface area (Å²) in [5, 5.41) is 0. The molecule has 7 heteroatoms. The quantitative estimate of drug-likeness (QED) is 0.700. The van der Waals surface area contributed by atoms with Crippen molar-refractivity contribution in [2.75, 3.05) is 54.4 Å². The van der Waals surface area contributed by atoms with Crippen LogP contribution >= 0.6 is 0 Å². The molecule has 0 bridgehead atoms. The first-order valence-corrected chi connectivity index (χ1v) is 10.2. The van der Waals surface area contributed by atoms with E-state index in [1.165, 1.54) is 14.2 Å². The minimum atomic E-state index is -3.33. The van der Waals surface area contributed by atoms with E-state index in [9.17, 15) is 8.42 Å². The highest BCUT2D eigenvalue weighted by Crippen LogP contribution is 2.21. The summed E-state index contributed by atoms with van der Waals surface area (Å²) in [5.74, 6) is 1.32. The molecule has 2 rings (SSSR count). The molecule has 1 aliphatic heterocycles. The summed E-state index contributed by atoms with van der Waals surface area (Å²) in [6.45, 7) is 3.57. The summed E-state index contributed by atoms with van der Waals surface area (Å²) in [6, 6.07) is 8.13. The number of para-hydroxylation sites is 1. The van der Waals surface area contributed by atoms with Crippen molar-refractivity contribution in [3.8, 4) is 5.75 Å². The minimum absolute atomic E-state index is 0.381. The van der Waals surface area contributed by atoms with E-state index in [-0.39, 0.29) is 0 Å². The van der Waals surface area contributed by atoms with E-state index in [0.29, 0.717) is 12.5 Å². The predicted octanol–water partition coefficient (Wildman–Crippen LogP) is 1.69. The molecule has 1 fully saturated rings. The molecule has 25 heavy (non-hydrogen) atoms. The Morgan fingerprint density at radius 2 is 1.96 bits per heavy atom. The van der Waals surface area contributed by atoms with Crippen molar-refractivity contribution in [3.63, 3.8) is 0 Å². The second-order valence-electron chi connectivity index (χ2n) is 6.94. The Morgan fingerprint density at radius 1 is 1.24 bits per heavy atom. The fourth-order valence-corrected chi connectivity index (χ4v) is 4.38. The molecule has 6 nitrogen and oxygen atoms in total. The van der Waals surface area contributed by atoms with E-state index in [0.717, 1.165) is 44.6 Å². The van der Waals surface area contributed by atoms with Crippen LogP contribution in [-0.4, -0.2) is 76.4 Å². The van der Waals surface area contributed by atoms with Crippen molar-refractivity contribution >= 4 is 10.2 Å². The third-order valence-corrected chi connectivity index (χ3v) is 6.72. The summed E-state index contributed by atoms with van der Waals surface area (Å²) >= 11 is 0. The van der Waals surface area contributed by atoms with E-state index < -0.39 is 10.2 Å². The molecule has 0 amide bonds. The van der Waals surface area contributed by atoms with Gasteiger partial charge in [-0.3, -0.25) is 0 Å². The van der Waals surface area contributed by atoms with E-state index >= 15 is 0 Å². The molecule has 1 aromatic carbocycles. The van der Waals surface area contributed by atoms with Crippen molar-refractivity contribution in [1.29, 1.82) is 0 Å². The van der Waals surface area contributed by atoms with Crippen LogP contribution in [0.1, 0.15) is 18.4 Å². The van der Waals surface area contributed by atoms with Gasteiger partial charge < -0.3 is 9.64 Å². The van der Waals surface area contributed by atoms with Crippen LogP contribution in [0, 0.1) is 5.92 Å². The Balaban J connectivity index is 1.88. The maximum atomic E-state index is 12.2. The lowest BCUT2D eigenvalue weighted by atomic mass is 9.97. The first-order chi connectivity index (χ1) is 11.8. The molecule has 0 saturated carbocycles. The standard InChI is InChI=1S/C18H31N3O3S/c1-19(2)25(22,23)20(3)14-16-8-7-12-21(15-16)13-11-17-9-5-6-10-18(17)24-4/h5-6,9-10,16H,7-8,11-15H2,1-4H3. The summed E-state index contributed by atoms with van der Waals surface area (Å²) in [4.78, 5) is 2.44. The van der Waals surface area contributed by atoms with Gasteiger partial charge >= 0.3 is 0 Å². The van der Waals surface area contributed by atoms with Crippen LogP contribution in [0.25, 0.3) is 0 Å². The van der Waals surface area contributed by atoms with Gasteiger partial charge in [-0.1, -0.05) is 18.2 Å². The second-order valence-corrected chi connectivity index (χ2v) is 9.19. The largest absolute Gasteiger partial charge is 0.496 e. The fourth-order valence-electron chi connectivity index (χ4n) is 3.43. The minimum Gasteiger partial charge on any atom is -0.496 e. The third kappa shape index (κ3) is 5.41. The molecule has 1 unspecified atom stereocenters. The van der Waals surface area contributed by atoms with Gasteiger partial charge in [0.1, 0.15) is 5.75 Å². The third-order valence-electron chi connectivity index (χ3n) is 4.86. The van der Waals surface area contributed by atoms with E-state index in [1.54, 1.807) is 28.3 Å². The second kappa shape index (κ2) is 8.98. The summed E-state index contributed by atoms with van der Waals surface area (Å²) in [5.41, 5.74) is 1.22. The molecule has 142 valence electrons. The average Bonchev–Trinajstić information content (AvgIpc) is 2.60. The van der Waals surface area contributed by atoms with Crippen molar-refractivity contribution in [3.05, 3.63) is 29.8 Å². The fraction of sp³-hybridized carbons (Fsp3) is 0.667. The Morgan fingerprint density at radius 3 is 2.64 bits per heavy atom. The smallest absolute Gasteiger partial charge is 0.281 e. The first-order valence-electron chi connectivity index (χ1n) is 8.82. The Hall–Kier alpha value is -1.15. The number of methoxy groups -OCH3 is 1. The van der Waals surface area contributed by atoms with Crippen LogP contribution in [0.5, 0.6) is 5.75 Å². The van der Waals surface area contributed by atoms with Gasteiger partial charge in [0.15, 0.2) is 0 Å².